The monoisotopic (exact) mass is 304 g/mol. The zero-order valence-electron chi connectivity index (χ0n) is 9.66. The third-order valence-corrected chi connectivity index (χ3v) is 2.75. The summed E-state index contributed by atoms with van der Waals surface area (Å²) in [6, 6.07) is 2.34. The molecule has 0 aliphatic carbocycles. The first-order valence-corrected chi connectivity index (χ1v) is 5.99. The normalized spacial score (nSPS) is 12.3. The van der Waals surface area contributed by atoms with Crippen LogP contribution in [0.3, 0.4) is 0 Å². The second-order valence-electron chi connectivity index (χ2n) is 3.71. The smallest absolute Gasteiger partial charge is 0.225 e. The van der Waals surface area contributed by atoms with Crippen LogP contribution in [0, 0.1) is 11.6 Å². The van der Waals surface area contributed by atoms with Crippen LogP contribution >= 0.6 is 23.2 Å². The Hall–Kier alpha value is -1.53. The molecule has 0 bridgehead atoms. The maximum absolute atomic E-state index is 13.7. The maximum atomic E-state index is 13.7. The summed E-state index contributed by atoms with van der Waals surface area (Å²) >= 11 is 11.1. The van der Waals surface area contributed by atoms with Gasteiger partial charge in [-0.3, -0.25) is 4.98 Å². The van der Waals surface area contributed by atoms with Crippen LogP contribution in [0.25, 0.3) is 0 Å². The summed E-state index contributed by atoms with van der Waals surface area (Å²) < 4.78 is 26.4. The lowest BCUT2D eigenvalue weighted by Crippen LogP contribution is -2.12. The molecule has 8 heteroatoms. The summed E-state index contributed by atoms with van der Waals surface area (Å²) in [4.78, 5) is 11.0. The van der Waals surface area contributed by atoms with E-state index in [2.05, 4.69) is 20.3 Å². The molecule has 1 atom stereocenters. The van der Waals surface area contributed by atoms with Gasteiger partial charge in [-0.15, -0.1) is 0 Å². The molecule has 0 amide bonds. The molecule has 4 nitrogen and oxygen atoms in total. The quantitative estimate of drug-likeness (QED) is 0.695. The van der Waals surface area contributed by atoms with Gasteiger partial charge >= 0.3 is 0 Å². The first-order valence-electron chi connectivity index (χ1n) is 5.24. The van der Waals surface area contributed by atoms with Gasteiger partial charge in [0.2, 0.25) is 11.1 Å². The van der Waals surface area contributed by atoms with Gasteiger partial charge in [0.15, 0.2) is 11.0 Å². The van der Waals surface area contributed by atoms with Gasteiger partial charge in [0.25, 0.3) is 0 Å². The van der Waals surface area contributed by atoms with Crippen LogP contribution in [0.1, 0.15) is 18.7 Å². The van der Waals surface area contributed by atoms with Crippen molar-refractivity contribution >= 4 is 29.0 Å². The molecule has 100 valence electrons. The highest BCUT2D eigenvalue weighted by Crippen LogP contribution is 2.24. The molecule has 0 fully saturated rings. The summed E-state index contributed by atoms with van der Waals surface area (Å²) in [5, 5.41) is 2.20. The van der Waals surface area contributed by atoms with Crippen molar-refractivity contribution < 1.29 is 8.78 Å². The van der Waals surface area contributed by atoms with E-state index >= 15 is 0 Å². The first kappa shape index (κ1) is 13.9. The van der Waals surface area contributed by atoms with Crippen molar-refractivity contribution in [2.24, 2.45) is 0 Å². The Morgan fingerprint density at radius 3 is 2.58 bits per heavy atom. The number of hydrogen-bond acceptors (Lipinski definition) is 4. The Bertz CT molecular complexity index is 592. The second kappa shape index (κ2) is 5.63. The lowest BCUT2D eigenvalue weighted by Gasteiger charge is -2.14. The van der Waals surface area contributed by atoms with Gasteiger partial charge in [-0.1, -0.05) is 11.6 Å². The van der Waals surface area contributed by atoms with Crippen molar-refractivity contribution in [3.63, 3.8) is 0 Å². The molecule has 0 aliphatic rings. The highest BCUT2D eigenvalue weighted by Gasteiger charge is 2.15. The van der Waals surface area contributed by atoms with Crippen molar-refractivity contribution in [1.82, 2.24) is 15.0 Å². The van der Waals surface area contributed by atoms with E-state index < -0.39 is 17.7 Å². The third-order valence-electron chi connectivity index (χ3n) is 2.33. The molecule has 0 unspecified atom stereocenters. The third kappa shape index (κ3) is 3.27. The minimum absolute atomic E-state index is 0.136. The number of pyridine rings is 1. The molecule has 2 aromatic rings. The number of nitrogens with one attached hydrogen (secondary N) is 1. The number of aromatic nitrogens is 3. The molecule has 2 rings (SSSR count). The molecule has 0 aliphatic heterocycles. The van der Waals surface area contributed by atoms with Crippen molar-refractivity contribution in [1.29, 1.82) is 0 Å². The van der Waals surface area contributed by atoms with Crippen molar-refractivity contribution in [2.75, 3.05) is 5.32 Å². The molecular weight excluding hydrogens is 297 g/mol. The standard InChI is InChI=1S/C11H8Cl2F2N4/c1-5(7-3-2-6(14)4-16-7)17-10-8(15)9(12)18-11(13)19-10/h2-5H,1H3,(H,17,18,19)/t5-/m0/s1. The van der Waals surface area contributed by atoms with Crippen LogP contribution in [-0.2, 0) is 0 Å². The molecule has 1 N–H and O–H groups in total. The van der Waals surface area contributed by atoms with E-state index in [9.17, 15) is 8.78 Å². The summed E-state index contributed by atoms with van der Waals surface area (Å²) in [6.45, 7) is 1.71. The fourth-order valence-electron chi connectivity index (χ4n) is 1.41. The predicted molar refractivity (Wildman–Crippen MR) is 68.2 cm³/mol. The predicted octanol–water partition coefficient (Wildman–Crippen LogP) is 3.63. The first-order chi connectivity index (χ1) is 8.97. The van der Waals surface area contributed by atoms with Gasteiger partial charge in [0.05, 0.1) is 17.9 Å². The largest absolute Gasteiger partial charge is 0.359 e. The highest BCUT2D eigenvalue weighted by molar-refractivity contribution is 6.32. The average Bonchev–Trinajstić information content (AvgIpc) is 2.36. The lowest BCUT2D eigenvalue weighted by molar-refractivity contribution is 0.609. The summed E-state index contributed by atoms with van der Waals surface area (Å²) in [7, 11) is 0. The van der Waals surface area contributed by atoms with Crippen LogP contribution in [0.15, 0.2) is 18.3 Å². The van der Waals surface area contributed by atoms with Gasteiger partial charge < -0.3 is 5.32 Å². The van der Waals surface area contributed by atoms with Crippen LogP contribution in [0.5, 0.6) is 0 Å². The van der Waals surface area contributed by atoms with Crippen molar-refractivity contribution in [2.45, 2.75) is 13.0 Å². The van der Waals surface area contributed by atoms with Crippen molar-refractivity contribution in [3.05, 3.63) is 46.1 Å². The molecule has 0 saturated carbocycles. The molecule has 2 heterocycles. The number of anilines is 1. The summed E-state index contributed by atoms with van der Waals surface area (Å²) in [5.74, 6) is -1.39. The molecule has 0 spiro atoms. The van der Waals surface area contributed by atoms with Gasteiger partial charge in [0, 0.05) is 0 Å². The van der Waals surface area contributed by atoms with E-state index in [0.717, 1.165) is 6.20 Å². The fraction of sp³-hybridized carbons (Fsp3) is 0.182. The molecule has 0 saturated heterocycles. The van der Waals surface area contributed by atoms with Crippen LogP contribution in [-0.4, -0.2) is 15.0 Å². The van der Waals surface area contributed by atoms with Crippen LogP contribution in [0.4, 0.5) is 14.6 Å². The van der Waals surface area contributed by atoms with Crippen LogP contribution < -0.4 is 5.32 Å². The SMILES string of the molecule is C[C@H](Nc1nc(Cl)nc(Cl)c1F)c1ccc(F)cn1. The van der Waals surface area contributed by atoms with E-state index in [4.69, 9.17) is 23.2 Å². The Morgan fingerprint density at radius 2 is 1.95 bits per heavy atom. The summed E-state index contributed by atoms with van der Waals surface area (Å²) in [6.07, 6.45) is 1.07. The number of hydrogen-bond donors (Lipinski definition) is 1. The molecule has 0 aromatic carbocycles. The van der Waals surface area contributed by atoms with E-state index in [1.807, 2.05) is 0 Å². The van der Waals surface area contributed by atoms with Crippen LogP contribution in [0.2, 0.25) is 10.4 Å². The minimum Gasteiger partial charge on any atom is -0.359 e. The average molecular weight is 305 g/mol. The zero-order chi connectivity index (χ0) is 14.0. The Balaban J connectivity index is 2.23. The van der Waals surface area contributed by atoms with Gasteiger partial charge in [-0.25, -0.2) is 9.37 Å². The van der Waals surface area contributed by atoms with Gasteiger partial charge in [0.1, 0.15) is 5.82 Å². The Morgan fingerprint density at radius 1 is 1.21 bits per heavy atom. The maximum Gasteiger partial charge on any atom is 0.225 e. The zero-order valence-corrected chi connectivity index (χ0v) is 11.2. The Labute approximate surface area is 117 Å². The number of nitrogens with zero attached hydrogens (tertiary/aromatic N) is 3. The molecular formula is C11H8Cl2F2N4. The van der Waals surface area contributed by atoms with E-state index in [1.165, 1.54) is 12.1 Å². The fourth-order valence-corrected chi connectivity index (χ4v) is 1.79. The van der Waals surface area contributed by atoms with Crippen molar-refractivity contribution in [3.8, 4) is 0 Å². The lowest BCUT2D eigenvalue weighted by atomic mass is 10.2. The number of rotatable bonds is 3. The highest BCUT2D eigenvalue weighted by atomic mass is 35.5. The molecule has 19 heavy (non-hydrogen) atoms. The van der Waals surface area contributed by atoms with Gasteiger partial charge in [-0.2, -0.15) is 9.37 Å². The van der Waals surface area contributed by atoms with E-state index in [-0.39, 0.29) is 16.3 Å². The number of halogens is 4. The van der Waals surface area contributed by atoms with Gasteiger partial charge in [-0.05, 0) is 30.7 Å². The second-order valence-corrected chi connectivity index (χ2v) is 4.41. The van der Waals surface area contributed by atoms with E-state index in [0.29, 0.717) is 5.69 Å². The minimum atomic E-state index is -0.806. The molecule has 0 radical (unpaired) electrons. The summed E-state index contributed by atoms with van der Waals surface area (Å²) in [5.41, 5.74) is 0.520. The van der Waals surface area contributed by atoms with E-state index in [1.54, 1.807) is 6.92 Å². The Kier molecular flexibility index (Phi) is 4.11. The topological polar surface area (TPSA) is 50.7 Å². The molecule has 2 aromatic heterocycles.